The summed E-state index contributed by atoms with van der Waals surface area (Å²) in [4.78, 5) is 0. The van der Waals surface area contributed by atoms with E-state index in [1.807, 2.05) is 0 Å². The molecule has 0 saturated heterocycles. The summed E-state index contributed by atoms with van der Waals surface area (Å²) in [5.41, 5.74) is 0. The van der Waals surface area contributed by atoms with Crippen molar-refractivity contribution in [3.8, 4) is 0 Å². The summed E-state index contributed by atoms with van der Waals surface area (Å²) in [6, 6.07) is 0. The maximum absolute atomic E-state index is 5.66. The minimum atomic E-state index is -0.120. The van der Waals surface area contributed by atoms with E-state index >= 15 is 0 Å². The Bertz CT molecular complexity index is 139. The lowest BCUT2D eigenvalue weighted by atomic mass is 10.3. The Labute approximate surface area is 107 Å². The summed E-state index contributed by atoms with van der Waals surface area (Å²) >= 11 is 0. The van der Waals surface area contributed by atoms with Gasteiger partial charge in [-0.2, -0.15) is 0 Å². The van der Waals surface area contributed by atoms with Crippen LogP contribution in [0.3, 0.4) is 0 Å². The first-order valence-corrected chi connectivity index (χ1v) is 6.95. The third kappa shape index (κ3) is 12.1. The largest absolute Gasteiger partial charge is 0.381 e. The molecule has 3 nitrogen and oxygen atoms in total. The molecule has 0 rings (SSSR count). The Kier molecular flexibility index (Phi) is 13.8. The normalized spacial score (nSPS) is 12.9. The molecule has 0 aliphatic carbocycles. The summed E-state index contributed by atoms with van der Waals surface area (Å²) in [6.07, 6.45) is 6.01. The van der Waals surface area contributed by atoms with Gasteiger partial charge in [0.05, 0.1) is 6.61 Å². The van der Waals surface area contributed by atoms with E-state index in [1.165, 1.54) is 6.42 Å². The van der Waals surface area contributed by atoms with Crippen LogP contribution >= 0.6 is 0 Å². The first-order valence-electron chi connectivity index (χ1n) is 6.95. The van der Waals surface area contributed by atoms with Crippen molar-refractivity contribution in [2.75, 3.05) is 26.4 Å². The zero-order valence-electron chi connectivity index (χ0n) is 11.6. The molecule has 0 fully saturated rings. The maximum Gasteiger partial charge on any atom is 0.159 e. The highest BCUT2D eigenvalue weighted by Gasteiger charge is 2.08. The van der Waals surface area contributed by atoms with Gasteiger partial charge in [-0.15, -0.1) is 0 Å². The number of hydrogen-bond acceptors (Lipinski definition) is 3. The fourth-order valence-electron chi connectivity index (χ4n) is 1.32. The Morgan fingerprint density at radius 2 is 1.53 bits per heavy atom. The molecule has 0 amide bonds. The van der Waals surface area contributed by atoms with E-state index in [-0.39, 0.29) is 6.29 Å². The predicted molar refractivity (Wildman–Crippen MR) is 70.9 cm³/mol. The minimum absolute atomic E-state index is 0.120. The summed E-state index contributed by atoms with van der Waals surface area (Å²) in [5.74, 6) is 0. The van der Waals surface area contributed by atoms with Gasteiger partial charge in [-0.25, -0.2) is 0 Å². The monoisotopic (exact) mass is 245 g/mol. The summed E-state index contributed by atoms with van der Waals surface area (Å²) in [7, 11) is 0. The van der Waals surface area contributed by atoms with Crippen molar-refractivity contribution >= 4 is 0 Å². The van der Waals surface area contributed by atoms with Gasteiger partial charge >= 0.3 is 0 Å². The van der Waals surface area contributed by atoms with Gasteiger partial charge in [0.2, 0.25) is 0 Å². The Morgan fingerprint density at radius 1 is 0.882 bits per heavy atom. The Hall–Kier alpha value is -0.120. The van der Waals surface area contributed by atoms with Crippen LogP contribution in [0.1, 0.15) is 52.4 Å². The summed E-state index contributed by atoms with van der Waals surface area (Å²) in [5, 5.41) is 0. The summed E-state index contributed by atoms with van der Waals surface area (Å²) in [6.45, 7) is 11.1. The van der Waals surface area contributed by atoms with Crippen LogP contribution in [0, 0.1) is 6.92 Å². The molecule has 1 radical (unpaired) electrons. The zero-order chi connectivity index (χ0) is 12.8. The van der Waals surface area contributed by atoms with Gasteiger partial charge in [0.25, 0.3) is 0 Å². The van der Waals surface area contributed by atoms with Gasteiger partial charge in [-0.1, -0.05) is 33.6 Å². The lowest BCUT2D eigenvalue weighted by Crippen LogP contribution is -2.21. The average Bonchev–Trinajstić information content (AvgIpc) is 2.35. The van der Waals surface area contributed by atoms with Crippen LogP contribution in [0.25, 0.3) is 0 Å². The van der Waals surface area contributed by atoms with Crippen LogP contribution in [0.4, 0.5) is 0 Å². The standard InChI is InChI=1S/C14H29O3/c1-4-7-11-15-13-9-14(16-10-6-3)17-12-8-5-2/h14H,3-13H2,1-2H3. The highest BCUT2D eigenvalue weighted by Crippen LogP contribution is 2.04. The van der Waals surface area contributed by atoms with Crippen LogP contribution in [0.2, 0.25) is 0 Å². The van der Waals surface area contributed by atoms with Crippen molar-refractivity contribution in [3.05, 3.63) is 6.92 Å². The third-order valence-electron chi connectivity index (χ3n) is 2.39. The molecule has 0 heterocycles. The predicted octanol–water partition coefficient (Wildman–Crippen LogP) is 3.58. The van der Waals surface area contributed by atoms with E-state index in [4.69, 9.17) is 14.2 Å². The quantitative estimate of drug-likeness (QED) is 0.367. The molecule has 0 aromatic rings. The van der Waals surface area contributed by atoms with Gasteiger partial charge in [0, 0.05) is 26.2 Å². The van der Waals surface area contributed by atoms with E-state index in [1.54, 1.807) is 0 Å². The highest BCUT2D eigenvalue weighted by molar-refractivity contribution is 4.48. The van der Waals surface area contributed by atoms with Gasteiger partial charge in [0.1, 0.15) is 0 Å². The lowest BCUT2D eigenvalue weighted by Gasteiger charge is -2.18. The number of unbranched alkanes of at least 4 members (excludes halogenated alkanes) is 2. The summed E-state index contributed by atoms with van der Waals surface area (Å²) < 4.78 is 16.8. The molecule has 0 aromatic carbocycles. The molecule has 0 aromatic heterocycles. The topological polar surface area (TPSA) is 27.7 Å². The van der Waals surface area contributed by atoms with Gasteiger partial charge in [-0.05, 0) is 19.3 Å². The highest BCUT2D eigenvalue weighted by atomic mass is 16.7. The third-order valence-corrected chi connectivity index (χ3v) is 2.39. The molecule has 0 spiro atoms. The smallest absolute Gasteiger partial charge is 0.159 e. The van der Waals surface area contributed by atoms with E-state index in [0.29, 0.717) is 13.2 Å². The molecule has 0 aliphatic rings. The van der Waals surface area contributed by atoms with E-state index in [2.05, 4.69) is 20.8 Å². The molecule has 0 saturated carbocycles. The molecule has 0 aliphatic heterocycles. The van der Waals surface area contributed by atoms with E-state index in [9.17, 15) is 0 Å². The van der Waals surface area contributed by atoms with E-state index in [0.717, 1.165) is 45.3 Å². The van der Waals surface area contributed by atoms with Crippen LogP contribution < -0.4 is 0 Å². The number of hydrogen-bond donors (Lipinski definition) is 0. The van der Waals surface area contributed by atoms with Crippen LogP contribution in [-0.2, 0) is 14.2 Å². The molecule has 103 valence electrons. The van der Waals surface area contributed by atoms with Gasteiger partial charge in [-0.3, -0.25) is 0 Å². The van der Waals surface area contributed by atoms with Crippen LogP contribution in [0.15, 0.2) is 0 Å². The first kappa shape index (κ1) is 16.9. The second-order valence-electron chi connectivity index (χ2n) is 4.13. The lowest BCUT2D eigenvalue weighted by molar-refractivity contribution is -0.152. The molecule has 0 N–H and O–H groups in total. The minimum Gasteiger partial charge on any atom is -0.381 e. The number of ether oxygens (including phenoxy) is 3. The van der Waals surface area contributed by atoms with Crippen molar-refractivity contribution in [3.63, 3.8) is 0 Å². The fraction of sp³-hybridized carbons (Fsp3) is 0.929. The van der Waals surface area contributed by atoms with Crippen molar-refractivity contribution in [1.82, 2.24) is 0 Å². The average molecular weight is 245 g/mol. The Morgan fingerprint density at radius 3 is 2.18 bits per heavy atom. The van der Waals surface area contributed by atoms with Crippen molar-refractivity contribution in [2.24, 2.45) is 0 Å². The van der Waals surface area contributed by atoms with E-state index < -0.39 is 0 Å². The second-order valence-corrected chi connectivity index (χ2v) is 4.13. The molecule has 0 bridgehead atoms. The van der Waals surface area contributed by atoms with Crippen molar-refractivity contribution in [2.45, 2.75) is 58.7 Å². The fourth-order valence-corrected chi connectivity index (χ4v) is 1.32. The SMILES string of the molecule is [CH2]CCOC(CCOCCCC)OCCCC. The van der Waals surface area contributed by atoms with Gasteiger partial charge in [0.15, 0.2) is 6.29 Å². The Balaban J connectivity index is 3.53. The molecule has 17 heavy (non-hydrogen) atoms. The zero-order valence-corrected chi connectivity index (χ0v) is 11.6. The molecule has 1 unspecified atom stereocenters. The number of rotatable bonds is 13. The second kappa shape index (κ2) is 13.9. The van der Waals surface area contributed by atoms with Crippen LogP contribution in [0.5, 0.6) is 0 Å². The molecule has 3 heteroatoms. The van der Waals surface area contributed by atoms with Crippen LogP contribution in [-0.4, -0.2) is 32.7 Å². The van der Waals surface area contributed by atoms with Crippen molar-refractivity contribution in [1.29, 1.82) is 0 Å². The first-order chi connectivity index (χ1) is 8.35. The van der Waals surface area contributed by atoms with Gasteiger partial charge < -0.3 is 14.2 Å². The molecular weight excluding hydrogens is 216 g/mol. The molecule has 1 atom stereocenters. The van der Waals surface area contributed by atoms with Crippen molar-refractivity contribution < 1.29 is 14.2 Å². The molecular formula is C14H29O3. The maximum atomic E-state index is 5.66.